The van der Waals surface area contributed by atoms with E-state index in [2.05, 4.69) is 203 Å². The van der Waals surface area contributed by atoms with Crippen molar-refractivity contribution in [2.24, 2.45) is 0 Å². The number of benzene rings is 8. The molecule has 3 heterocycles. The molecule has 8 aromatic carbocycles. The van der Waals surface area contributed by atoms with E-state index < -0.39 is 0 Å². The van der Waals surface area contributed by atoms with Crippen molar-refractivity contribution in [3.63, 3.8) is 0 Å². The van der Waals surface area contributed by atoms with Crippen molar-refractivity contribution in [3.05, 3.63) is 187 Å². The second-order valence-corrected chi connectivity index (χ2v) is 14.4. The first-order valence-corrected chi connectivity index (χ1v) is 18.4. The lowest BCUT2D eigenvalue weighted by molar-refractivity contribution is 1.16. The van der Waals surface area contributed by atoms with Gasteiger partial charge in [-0.25, -0.2) is 0 Å². The summed E-state index contributed by atoms with van der Waals surface area (Å²) in [5.74, 6) is 0. The molecule has 0 unspecified atom stereocenters. The van der Waals surface area contributed by atoms with Crippen LogP contribution in [0.3, 0.4) is 0 Å². The summed E-state index contributed by atoms with van der Waals surface area (Å²) in [5, 5.41) is 7.58. The number of fused-ring (bicyclic) bond motifs is 9. The van der Waals surface area contributed by atoms with Crippen molar-refractivity contribution in [1.29, 1.82) is 0 Å². The first-order chi connectivity index (χ1) is 26.1. The van der Waals surface area contributed by atoms with Gasteiger partial charge < -0.3 is 13.7 Å². The third kappa shape index (κ3) is 4.47. The molecule has 0 aliphatic rings. The number of hydrogen-bond acceptors (Lipinski definition) is 0. The van der Waals surface area contributed by atoms with Crippen LogP contribution in [0.15, 0.2) is 176 Å². The minimum Gasteiger partial charge on any atom is -0.309 e. The maximum Gasteiger partial charge on any atom is 0.0547 e. The van der Waals surface area contributed by atoms with Crippen LogP contribution < -0.4 is 0 Å². The van der Waals surface area contributed by atoms with Crippen molar-refractivity contribution >= 4 is 65.4 Å². The van der Waals surface area contributed by atoms with E-state index in [1.165, 1.54) is 99.0 Å². The van der Waals surface area contributed by atoms with Crippen LogP contribution in [0.4, 0.5) is 0 Å². The molecule has 0 spiro atoms. The first kappa shape index (κ1) is 29.8. The van der Waals surface area contributed by atoms with Gasteiger partial charge in [0, 0.05) is 49.4 Å². The summed E-state index contributed by atoms with van der Waals surface area (Å²) in [6, 6.07) is 64.8. The summed E-state index contributed by atoms with van der Waals surface area (Å²) in [6.07, 6.45) is 0. The fraction of sp³-hybridized carbons (Fsp3) is 0.0400. The summed E-state index contributed by atoms with van der Waals surface area (Å²) >= 11 is 0. The zero-order valence-electron chi connectivity index (χ0n) is 29.6. The van der Waals surface area contributed by atoms with Crippen LogP contribution in [0.1, 0.15) is 11.1 Å². The van der Waals surface area contributed by atoms with Crippen molar-refractivity contribution in [3.8, 4) is 28.2 Å². The normalized spacial score (nSPS) is 12.0. The fourth-order valence-electron chi connectivity index (χ4n) is 8.72. The zero-order chi connectivity index (χ0) is 35.2. The Labute approximate surface area is 307 Å². The molecule has 0 amide bonds. The van der Waals surface area contributed by atoms with Gasteiger partial charge in [-0.3, -0.25) is 0 Å². The predicted octanol–water partition coefficient (Wildman–Crippen LogP) is 13.3. The largest absolute Gasteiger partial charge is 0.309 e. The van der Waals surface area contributed by atoms with E-state index >= 15 is 0 Å². The summed E-state index contributed by atoms with van der Waals surface area (Å²) in [6.45, 7) is 4.36. The third-order valence-electron chi connectivity index (χ3n) is 11.1. The van der Waals surface area contributed by atoms with Crippen LogP contribution in [0.2, 0.25) is 0 Å². The number of aryl methyl sites for hydroxylation is 2. The van der Waals surface area contributed by atoms with Crippen LogP contribution in [0.25, 0.3) is 93.6 Å². The fourth-order valence-corrected chi connectivity index (χ4v) is 8.72. The van der Waals surface area contributed by atoms with Crippen LogP contribution in [-0.2, 0) is 0 Å². The van der Waals surface area contributed by atoms with Crippen LogP contribution >= 0.6 is 0 Å². The summed E-state index contributed by atoms with van der Waals surface area (Å²) < 4.78 is 7.25. The molecule has 11 rings (SSSR count). The van der Waals surface area contributed by atoms with Crippen molar-refractivity contribution in [2.75, 3.05) is 0 Å². The molecule has 0 saturated carbocycles. The molecule has 0 aliphatic heterocycles. The van der Waals surface area contributed by atoms with Gasteiger partial charge in [0.1, 0.15) is 0 Å². The van der Waals surface area contributed by atoms with Crippen LogP contribution in [0, 0.1) is 13.8 Å². The Morgan fingerprint density at radius 2 is 0.679 bits per heavy atom. The molecule has 0 saturated heterocycles. The Balaban J connectivity index is 1.15. The van der Waals surface area contributed by atoms with Crippen molar-refractivity contribution in [2.45, 2.75) is 13.8 Å². The Hall–Kier alpha value is -6.84. The number of aromatic nitrogens is 3. The van der Waals surface area contributed by atoms with E-state index in [0.717, 1.165) is 5.69 Å². The lowest BCUT2D eigenvalue weighted by Crippen LogP contribution is -1.96. The number of rotatable bonds is 4. The van der Waals surface area contributed by atoms with Gasteiger partial charge in [0.05, 0.1) is 33.1 Å². The maximum absolute atomic E-state index is 2.46. The molecule has 0 radical (unpaired) electrons. The second-order valence-electron chi connectivity index (χ2n) is 14.4. The van der Waals surface area contributed by atoms with E-state index in [1.54, 1.807) is 0 Å². The maximum atomic E-state index is 2.46. The highest BCUT2D eigenvalue weighted by Crippen LogP contribution is 2.40. The molecule has 250 valence electrons. The number of hydrogen-bond donors (Lipinski definition) is 0. The Bertz CT molecular complexity index is 3230. The molecule has 3 aromatic heterocycles. The van der Waals surface area contributed by atoms with E-state index in [-0.39, 0.29) is 0 Å². The van der Waals surface area contributed by atoms with E-state index in [0.29, 0.717) is 0 Å². The first-order valence-electron chi connectivity index (χ1n) is 18.4. The molecule has 0 bridgehead atoms. The SMILES string of the molecule is Cc1ccc2c(c1)c1ccc(-c3ccc4c5cc(C)ccc5n(-c5ccc6c(c5)c5ccccc5n6-c5ccccc5)c4c3)cc1n2-c1ccccc1. The molecule has 0 aliphatic carbocycles. The van der Waals surface area contributed by atoms with Gasteiger partial charge >= 0.3 is 0 Å². The lowest BCUT2D eigenvalue weighted by Gasteiger charge is -2.11. The molecular formula is C50H35N3. The number of para-hydroxylation sites is 3. The molecule has 53 heavy (non-hydrogen) atoms. The second kappa shape index (κ2) is 11.3. The van der Waals surface area contributed by atoms with Crippen LogP contribution in [0.5, 0.6) is 0 Å². The molecule has 3 heteroatoms. The average molecular weight is 678 g/mol. The number of nitrogens with zero attached hydrogens (tertiary/aromatic N) is 3. The zero-order valence-corrected chi connectivity index (χ0v) is 29.6. The van der Waals surface area contributed by atoms with Gasteiger partial charge in [-0.1, -0.05) is 102 Å². The molecular weight excluding hydrogens is 643 g/mol. The highest BCUT2D eigenvalue weighted by molar-refractivity contribution is 6.14. The van der Waals surface area contributed by atoms with Gasteiger partial charge in [0.2, 0.25) is 0 Å². The Morgan fingerprint density at radius 3 is 1.25 bits per heavy atom. The van der Waals surface area contributed by atoms with Gasteiger partial charge in [0.15, 0.2) is 0 Å². The average Bonchev–Trinajstić information content (AvgIpc) is 3.82. The smallest absolute Gasteiger partial charge is 0.0547 e. The molecule has 0 N–H and O–H groups in total. The lowest BCUT2D eigenvalue weighted by atomic mass is 10.0. The van der Waals surface area contributed by atoms with Crippen LogP contribution in [-0.4, -0.2) is 13.7 Å². The van der Waals surface area contributed by atoms with E-state index in [1.807, 2.05) is 0 Å². The highest BCUT2D eigenvalue weighted by Gasteiger charge is 2.18. The summed E-state index contributed by atoms with van der Waals surface area (Å²) in [5.41, 5.74) is 15.7. The van der Waals surface area contributed by atoms with Gasteiger partial charge in [0.25, 0.3) is 0 Å². The Morgan fingerprint density at radius 1 is 0.264 bits per heavy atom. The molecule has 0 atom stereocenters. The van der Waals surface area contributed by atoms with Crippen molar-refractivity contribution < 1.29 is 0 Å². The quantitative estimate of drug-likeness (QED) is 0.176. The summed E-state index contributed by atoms with van der Waals surface area (Å²) in [7, 11) is 0. The van der Waals surface area contributed by atoms with E-state index in [4.69, 9.17) is 0 Å². The predicted molar refractivity (Wildman–Crippen MR) is 224 cm³/mol. The Kier molecular flexibility index (Phi) is 6.38. The standard InChI is InChI=1S/C50H35N3/c1-32-17-24-46-42(27-32)40-22-19-34(29-49(40)52(46)37-13-7-4-8-14-37)35-20-23-41-43-28-33(2)18-25-47(43)53(50(41)30-35)38-21-26-48-44(31-38)39-15-9-10-16-45(39)51(48)36-11-5-3-6-12-36/h3-31H,1-2H3. The molecule has 11 aromatic rings. The molecule has 0 fully saturated rings. The van der Waals surface area contributed by atoms with E-state index in [9.17, 15) is 0 Å². The van der Waals surface area contributed by atoms with Gasteiger partial charge in [-0.15, -0.1) is 0 Å². The van der Waals surface area contributed by atoms with Gasteiger partial charge in [-0.05, 0) is 110 Å². The highest BCUT2D eigenvalue weighted by atomic mass is 15.0. The summed E-state index contributed by atoms with van der Waals surface area (Å²) in [4.78, 5) is 0. The third-order valence-corrected chi connectivity index (χ3v) is 11.1. The minimum atomic E-state index is 1.16. The van der Waals surface area contributed by atoms with Gasteiger partial charge in [-0.2, -0.15) is 0 Å². The topological polar surface area (TPSA) is 14.8 Å². The molecule has 3 nitrogen and oxygen atoms in total. The monoisotopic (exact) mass is 677 g/mol. The van der Waals surface area contributed by atoms with Crippen molar-refractivity contribution in [1.82, 2.24) is 13.7 Å². The minimum absolute atomic E-state index is 1.16.